The SMILES string of the molecule is c1ccc(-c2ccc(-c3cc(-c4ccccc4)nc(-c4ccc5sc(-c6ccccc6)nc5c4)n3)cc2)cc1.c1ccc(-c2ccc(-c3nc(-c4ccccc4)cc(-c4ccc5cc(-c6cccc7nc(-c8ccccc8)sc67)ccc5c4)n3)cc2)cc1. The van der Waals surface area contributed by atoms with Crippen molar-refractivity contribution in [1.29, 1.82) is 0 Å². The third-order valence-electron chi connectivity index (χ3n) is 15.7. The highest BCUT2D eigenvalue weighted by Crippen LogP contribution is 2.40. The van der Waals surface area contributed by atoms with Crippen LogP contribution in [0, 0.1) is 0 Å². The molecule has 0 fully saturated rings. The molecule has 16 rings (SSSR count). The molecule has 4 aromatic heterocycles. The number of nitrogens with zero attached hydrogens (tertiary/aromatic N) is 6. The fourth-order valence-electron chi connectivity index (χ4n) is 11.1. The van der Waals surface area contributed by atoms with Crippen LogP contribution in [-0.4, -0.2) is 29.9 Å². The van der Waals surface area contributed by atoms with Crippen LogP contribution in [0.4, 0.5) is 0 Å². The van der Waals surface area contributed by atoms with Gasteiger partial charge in [0.25, 0.3) is 0 Å². The molecule has 0 aliphatic carbocycles. The zero-order valence-corrected chi connectivity index (χ0v) is 49.2. The summed E-state index contributed by atoms with van der Waals surface area (Å²) in [4.78, 5) is 30.1. The van der Waals surface area contributed by atoms with Crippen LogP contribution in [0.3, 0.4) is 0 Å². The van der Waals surface area contributed by atoms with Crippen molar-refractivity contribution >= 4 is 53.9 Å². The Bertz CT molecular complexity index is 5100. The average molecular weight is 1160 g/mol. The Morgan fingerprint density at radius 3 is 1.09 bits per heavy atom. The highest BCUT2D eigenvalue weighted by Gasteiger charge is 2.17. The number of hydrogen-bond donors (Lipinski definition) is 0. The fourth-order valence-corrected chi connectivity index (χ4v) is 13.1. The van der Waals surface area contributed by atoms with E-state index in [1.807, 2.05) is 72.8 Å². The molecule has 6 nitrogen and oxygen atoms in total. The van der Waals surface area contributed by atoms with Gasteiger partial charge in [-0.05, 0) is 87.1 Å². The molecule has 0 radical (unpaired) electrons. The normalized spacial score (nSPS) is 11.2. The maximum atomic E-state index is 5.12. The molecule has 0 amide bonds. The minimum absolute atomic E-state index is 0.689. The molecular formula is C80H52N6S2. The second-order valence-electron chi connectivity index (χ2n) is 21.4. The third-order valence-corrected chi connectivity index (χ3v) is 17.9. The topological polar surface area (TPSA) is 77.3 Å². The van der Waals surface area contributed by atoms with Gasteiger partial charge >= 0.3 is 0 Å². The summed E-state index contributed by atoms with van der Waals surface area (Å²) < 4.78 is 2.35. The molecule has 8 heteroatoms. The quantitative estimate of drug-likeness (QED) is 0.128. The van der Waals surface area contributed by atoms with Crippen molar-refractivity contribution in [3.8, 4) is 122 Å². The number of benzene rings is 12. The molecule has 0 atom stereocenters. The van der Waals surface area contributed by atoms with E-state index in [-0.39, 0.29) is 0 Å². The second-order valence-corrected chi connectivity index (χ2v) is 23.5. The Morgan fingerprint density at radius 1 is 0.205 bits per heavy atom. The van der Waals surface area contributed by atoms with Crippen molar-refractivity contribution in [3.63, 3.8) is 0 Å². The van der Waals surface area contributed by atoms with Crippen LogP contribution in [0.25, 0.3) is 154 Å². The molecule has 12 aromatic carbocycles. The summed E-state index contributed by atoms with van der Waals surface area (Å²) in [6.45, 7) is 0. The first-order valence-corrected chi connectivity index (χ1v) is 30.9. The van der Waals surface area contributed by atoms with Crippen molar-refractivity contribution < 1.29 is 0 Å². The van der Waals surface area contributed by atoms with E-state index >= 15 is 0 Å². The van der Waals surface area contributed by atoms with Crippen LogP contribution in [0.2, 0.25) is 0 Å². The molecule has 4 heterocycles. The highest BCUT2D eigenvalue weighted by atomic mass is 32.1. The van der Waals surface area contributed by atoms with Gasteiger partial charge in [0.15, 0.2) is 11.6 Å². The lowest BCUT2D eigenvalue weighted by Gasteiger charge is -2.11. The van der Waals surface area contributed by atoms with Crippen molar-refractivity contribution in [2.24, 2.45) is 0 Å². The Hall–Kier alpha value is -11.2. The van der Waals surface area contributed by atoms with Crippen LogP contribution in [0.1, 0.15) is 0 Å². The molecule has 0 aliphatic heterocycles. The zero-order valence-electron chi connectivity index (χ0n) is 47.5. The van der Waals surface area contributed by atoms with E-state index in [1.165, 1.54) is 43.5 Å². The summed E-state index contributed by atoms with van der Waals surface area (Å²) in [6, 6.07) is 110. The smallest absolute Gasteiger partial charge is 0.160 e. The van der Waals surface area contributed by atoms with Gasteiger partial charge in [0, 0.05) is 50.1 Å². The van der Waals surface area contributed by atoms with Gasteiger partial charge in [-0.15, -0.1) is 22.7 Å². The van der Waals surface area contributed by atoms with E-state index in [0.717, 1.165) is 98.4 Å². The third kappa shape index (κ3) is 11.3. The second kappa shape index (κ2) is 24.1. The molecule has 414 valence electrons. The van der Waals surface area contributed by atoms with Crippen molar-refractivity contribution in [1.82, 2.24) is 29.9 Å². The van der Waals surface area contributed by atoms with Crippen molar-refractivity contribution in [3.05, 3.63) is 315 Å². The highest BCUT2D eigenvalue weighted by molar-refractivity contribution is 7.22. The van der Waals surface area contributed by atoms with Gasteiger partial charge < -0.3 is 0 Å². The van der Waals surface area contributed by atoms with Crippen molar-refractivity contribution in [2.75, 3.05) is 0 Å². The lowest BCUT2D eigenvalue weighted by atomic mass is 9.98. The monoisotopic (exact) mass is 1160 g/mol. The maximum absolute atomic E-state index is 5.12. The van der Waals surface area contributed by atoms with Crippen molar-refractivity contribution in [2.45, 2.75) is 0 Å². The summed E-state index contributed by atoms with van der Waals surface area (Å²) in [5, 5.41) is 4.40. The minimum Gasteiger partial charge on any atom is -0.236 e. The van der Waals surface area contributed by atoms with Gasteiger partial charge in [-0.2, -0.15) is 0 Å². The minimum atomic E-state index is 0.689. The van der Waals surface area contributed by atoms with E-state index < -0.39 is 0 Å². The summed E-state index contributed by atoms with van der Waals surface area (Å²) in [5.41, 5.74) is 21.1. The predicted octanol–water partition coefficient (Wildman–Crippen LogP) is 21.7. The Morgan fingerprint density at radius 2 is 0.568 bits per heavy atom. The molecular weight excluding hydrogens is 1110 g/mol. The molecule has 0 N–H and O–H groups in total. The standard InChI is InChI=1S/C45H29N3S.C35H23N3S/c1-4-11-30(12-5-1)31-19-21-33(22-20-31)44-46-41(32-13-6-2-7-14-32)29-42(47-44)38-26-24-35-27-37(25-23-36(35)28-38)39-17-10-18-40-43(39)49-45(48-40)34-15-8-3-9-16-34;1-4-10-24(11-5-1)25-16-18-27(19-17-25)31-23-30(26-12-6-2-7-13-26)36-34(37-31)29-20-21-33-32(22-29)38-35(39-33)28-14-8-3-9-15-28/h1-29H;1-23H. The number of thiazole rings is 2. The number of hydrogen-bond acceptors (Lipinski definition) is 8. The largest absolute Gasteiger partial charge is 0.236 e. The Balaban J connectivity index is 0.000000152. The molecule has 0 saturated heterocycles. The lowest BCUT2D eigenvalue weighted by molar-refractivity contribution is 1.18. The lowest BCUT2D eigenvalue weighted by Crippen LogP contribution is -1.96. The maximum Gasteiger partial charge on any atom is 0.160 e. The molecule has 88 heavy (non-hydrogen) atoms. The molecule has 0 spiro atoms. The van der Waals surface area contributed by atoms with E-state index in [2.05, 4.69) is 243 Å². The van der Waals surface area contributed by atoms with Crippen LogP contribution >= 0.6 is 22.7 Å². The number of rotatable bonds is 11. The van der Waals surface area contributed by atoms with Gasteiger partial charge in [0.2, 0.25) is 0 Å². The van der Waals surface area contributed by atoms with Gasteiger partial charge in [-0.3, -0.25) is 0 Å². The first-order chi connectivity index (χ1) is 43.5. The summed E-state index contributed by atoms with van der Waals surface area (Å²) in [5.74, 6) is 1.40. The van der Waals surface area contributed by atoms with E-state index in [1.54, 1.807) is 22.7 Å². The van der Waals surface area contributed by atoms with Gasteiger partial charge in [0.05, 0.1) is 43.2 Å². The first kappa shape index (κ1) is 53.6. The summed E-state index contributed by atoms with van der Waals surface area (Å²) >= 11 is 3.45. The van der Waals surface area contributed by atoms with Gasteiger partial charge in [-0.1, -0.05) is 267 Å². The van der Waals surface area contributed by atoms with Crippen LogP contribution in [0.5, 0.6) is 0 Å². The fraction of sp³-hybridized carbons (Fsp3) is 0. The van der Waals surface area contributed by atoms with Gasteiger partial charge in [-0.25, -0.2) is 29.9 Å². The average Bonchev–Trinajstić information content (AvgIpc) is 3.92. The van der Waals surface area contributed by atoms with Crippen LogP contribution in [-0.2, 0) is 0 Å². The van der Waals surface area contributed by atoms with Gasteiger partial charge in [0.1, 0.15) is 10.0 Å². The molecule has 16 aromatic rings. The molecule has 0 unspecified atom stereocenters. The Kier molecular flexibility index (Phi) is 14.7. The van der Waals surface area contributed by atoms with E-state index in [4.69, 9.17) is 29.9 Å². The van der Waals surface area contributed by atoms with E-state index in [9.17, 15) is 0 Å². The van der Waals surface area contributed by atoms with E-state index in [0.29, 0.717) is 11.6 Å². The molecule has 0 aliphatic rings. The van der Waals surface area contributed by atoms with Crippen LogP contribution in [0.15, 0.2) is 315 Å². The number of fused-ring (bicyclic) bond motifs is 3. The summed E-state index contributed by atoms with van der Waals surface area (Å²) in [6.07, 6.45) is 0. The molecule has 0 bridgehead atoms. The molecule has 0 saturated carbocycles. The Labute approximate surface area is 518 Å². The summed E-state index contributed by atoms with van der Waals surface area (Å²) in [7, 11) is 0. The first-order valence-electron chi connectivity index (χ1n) is 29.2. The zero-order chi connectivity index (χ0) is 58.6. The predicted molar refractivity (Wildman–Crippen MR) is 368 cm³/mol. The number of aromatic nitrogens is 6. The van der Waals surface area contributed by atoms with Crippen LogP contribution < -0.4 is 0 Å².